The van der Waals surface area contributed by atoms with Gasteiger partial charge in [0.05, 0.1) is 6.04 Å². The van der Waals surface area contributed by atoms with E-state index in [0.29, 0.717) is 17.5 Å². The van der Waals surface area contributed by atoms with Crippen LogP contribution in [0.2, 0.25) is 0 Å². The van der Waals surface area contributed by atoms with Crippen molar-refractivity contribution in [3.63, 3.8) is 0 Å². The first-order chi connectivity index (χ1) is 13.1. The quantitative estimate of drug-likeness (QED) is 0.726. The molecule has 0 radical (unpaired) electrons. The Morgan fingerprint density at radius 2 is 2.04 bits per heavy atom. The number of ether oxygens (including phenoxy) is 1. The molecule has 1 atom stereocenters. The summed E-state index contributed by atoms with van der Waals surface area (Å²) in [5.41, 5.74) is 2.64. The number of carbonyl (C=O) groups is 1. The van der Waals surface area contributed by atoms with Gasteiger partial charge in [0.1, 0.15) is 5.75 Å². The summed E-state index contributed by atoms with van der Waals surface area (Å²) in [4.78, 5) is 12.5. The summed E-state index contributed by atoms with van der Waals surface area (Å²) >= 11 is 0. The Labute approximate surface area is 157 Å². The minimum Gasteiger partial charge on any atom is -0.481 e. The van der Waals surface area contributed by atoms with E-state index in [1.165, 1.54) is 0 Å². The molecule has 0 bridgehead atoms. The third-order valence-corrected chi connectivity index (χ3v) is 4.45. The molecule has 1 N–H and O–H groups in total. The monoisotopic (exact) mass is 363 g/mol. The van der Waals surface area contributed by atoms with Crippen LogP contribution in [0.1, 0.15) is 31.4 Å². The first kappa shape index (κ1) is 17.2. The van der Waals surface area contributed by atoms with Gasteiger partial charge in [-0.2, -0.15) is 0 Å². The van der Waals surface area contributed by atoms with E-state index in [9.17, 15) is 4.79 Å². The van der Waals surface area contributed by atoms with Gasteiger partial charge in [-0.25, -0.2) is 4.68 Å². The minimum absolute atomic E-state index is 0.213. The Morgan fingerprint density at radius 3 is 2.81 bits per heavy atom. The van der Waals surface area contributed by atoms with Gasteiger partial charge in [0.15, 0.2) is 11.9 Å². The van der Waals surface area contributed by atoms with Crippen molar-refractivity contribution in [1.82, 2.24) is 20.2 Å². The minimum atomic E-state index is -0.618. The number of aromatic nitrogens is 4. The van der Waals surface area contributed by atoms with E-state index in [1.54, 1.807) is 6.92 Å². The number of nitrogens with one attached hydrogen (secondary N) is 1. The Bertz CT molecular complexity index is 964. The molecule has 0 aliphatic heterocycles. The molecular formula is C20H21N5O2. The second-order valence-corrected chi connectivity index (χ2v) is 6.82. The first-order valence-corrected chi connectivity index (χ1v) is 9.02. The number of anilines is 1. The molecule has 1 saturated carbocycles. The summed E-state index contributed by atoms with van der Waals surface area (Å²) in [5.74, 6) is 1.18. The Hall–Kier alpha value is -3.22. The molecule has 4 rings (SSSR count). The van der Waals surface area contributed by atoms with Crippen molar-refractivity contribution in [3.8, 4) is 17.1 Å². The van der Waals surface area contributed by atoms with Crippen LogP contribution in [0, 0.1) is 6.92 Å². The third kappa shape index (κ3) is 3.97. The number of rotatable bonds is 6. The van der Waals surface area contributed by atoms with Gasteiger partial charge in [-0.1, -0.05) is 24.3 Å². The van der Waals surface area contributed by atoms with Crippen LogP contribution < -0.4 is 10.1 Å². The zero-order chi connectivity index (χ0) is 18.8. The number of nitrogens with zero attached hydrogens (tertiary/aromatic N) is 4. The molecule has 0 saturated heterocycles. The molecule has 1 amide bonds. The fraction of sp³-hybridized carbons (Fsp3) is 0.300. The topological polar surface area (TPSA) is 81.9 Å². The van der Waals surface area contributed by atoms with Gasteiger partial charge in [-0.15, -0.1) is 5.10 Å². The zero-order valence-corrected chi connectivity index (χ0v) is 15.3. The van der Waals surface area contributed by atoms with Crippen LogP contribution in [0.3, 0.4) is 0 Å². The van der Waals surface area contributed by atoms with Crippen LogP contribution >= 0.6 is 0 Å². The molecule has 1 aromatic heterocycles. The second kappa shape index (κ2) is 7.19. The molecule has 7 nitrogen and oxygen atoms in total. The summed E-state index contributed by atoms with van der Waals surface area (Å²) in [7, 11) is 0. The summed E-state index contributed by atoms with van der Waals surface area (Å²) in [6.45, 7) is 3.72. The van der Waals surface area contributed by atoms with E-state index in [0.717, 1.165) is 29.8 Å². The van der Waals surface area contributed by atoms with Gasteiger partial charge in [0.25, 0.3) is 5.91 Å². The normalized spacial score (nSPS) is 14.6. The lowest BCUT2D eigenvalue weighted by Gasteiger charge is -2.15. The maximum absolute atomic E-state index is 12.5. The van der Waals surface area contributed by atoms with E-state index in [2.05, 4.69) is 20.8 Å². The van der Waals surface area contributed by atoms with Crippen molar-refractivity contribution < 1.29 is 9.53 Å². The molecule has 1 fully saturated rings. The van der Waals surface area contributed by atoms with Crippen molar-refractivity contribution >= 4 is 11.6 Å². The van der Waals surface area contributed by atoms with Gasteiger partial charge in [-0.05, 0) is 66.9 Å². The zero-order valence-electron chi connectivity index (χ0n) is 15.3. The fourth-order valence-corrected chi connectivity index (χ4v) is 2.87. The lowest BCUT2D eigenvalue weighted by atomic mass is 10.2. The van der Waals surface area contributed by atoms with Gasteiger partial charge in [0, 0.05) is 11.3 Å². The summed E-state index contributed by atoms with van der Waals surface area (Å²) in [6.07, 6.45) is 1.58. The Kier molecular flexibility index (Phi) is 4.58. The van der Waals surface area contributed by atoms with Crippen molar-refractivity contribution in [2.75, 3.05) is 5.32 Å². The molecule has 1 aliphatic carbocycles. The van der Waals surface area contributed by atoms with Gasteiger partial charge >= 0.3 is 0 Å². The molecule has 27 heavy (non-hydrogen) atoms. The highest BCUT2D eigenvalue weighted by molar-refractivity contribution is 5.94. The summed E-state index contributed by atoms with van der Waals surface area (Å²) in [6, 6.07) is 15.6. The lowest BCUT2D eigenvalue weighted by molar-refractivity contribution is -0.122. The smallest absolute Gasteiger partial charge is 0.265 e. The number of amides is 1. The van der Waals surface area contributed by atoms with Crippen LogP contribution in [-0.4, -0.2) is 32.2 Å². The van der Waals surface area contributed by atoms with Crippen molar-refractivity contribution in [3.05, 3.63) is 54.1 Å². The highest BCUT2D eigenvalue weighted by Crippen LogP contribution is 2.36. The predicted molar refractivity (Wildman–Crippen MR) is 101 cm³/mol. The van der Waals surface area contributed by atoms with Crippen LogP contribution in [0.25, 0.3) is 11.4 Å². The van der Waals surface area contributed by atoms with Crippen LogP contribution in [0.4, 0.5) is 5.69 Å². The number of aryl methyl sites for hydroxylation is 1. The predicted octanol–water partition coefficient (Wildman–Crippen LogP) is 3.39. The van der Waals surface area contributed by atoms with E-state index >= 15 is 0 Å². The molecular weight excluding hydrogens is 342 g/mol. The van der Waals surface area contributed by atoms with Gasteiger partial charge in [0.2, 0.25) is 0 Å². The summed E-state index contributed by atoms with van der Waals surface area (Å²) < 4.78 is 7.59. The molecule has 1 unspecified atom stereocenters. The second-order valence-electron chi connectivity index (χ2n) is 6.82. The molecule has 1 aliphatic rings. The molecule has 1 heterocycles. The molecule has 2 aromatic carbocycles. The number of hydrogen-bond donors (Lipinski definition) is 1. The van der Waals surface area contributed by atoms with Crippen molar-refractivity contribution in [2.45, 2.75) is 38.8 Å². The van der Waals surface area contributed by atoms with Crippen LogP contribution in [0.5, 0.6) is 5.75 Å². The number of carbonyl (C=O) groups excluding carboxylic acids is 1. The highest BCUT2D eigenvalue weighted by atomic mass is 16.5. The largest absolute Gasteiger partial charge is 0.481 e. The van der Waals surface area contributed by atoms with E-state index in [-0.39, 0.29) is 5.91 Å². The average molecular weight is 363 g/mol. The lowest BCUT2D eigenvalue weighted by Crippen LogP contribution is -2.30. The highest BCUT2D eigenvalue weighted by Gasteiger charge is 2.28. The standard InChI is InChI=1S/C20H21N5O2/c1-13-5-3-8-18(11-13)27-14(2)20(26)21-16-7-4-6-15(12-16)19-22-23-24-25(19)17-9-10-17/h3-8,11-12,14,17H,9-10H2,1-2H3,(H,21,26). The average Bonchev–Trinajstić information content (AvgIpc) is 3.38. The maximum atomic E-state index is 12.5. The number of benzene rings is 2. The molecule has 0 spiro atoms. The Morgan fingerprint density at radius 1 is 1.22 bits per heavy atom. The van der Waals surface area contributed by atoms with Crippen LogP contribution in [-0.2, 0) is 4.79 Å². The van der Waals surface area contributed by atoms with Crippen molar-refractivity contribution in [2.24, 2.45) is 0 Å². The number of tetrazole rings is 1. The van der Waals surface area contributed by atoms with E-state index in [4.69, 9.17) is 4.74 Å². The fourth-order valence-electron chi connectivity index (χ4n) is 2.87. The van der Waals surface area contributed by atoms with Gasteiger partial charge in [-0.3, -0.25) is 4.79 Å². The molecule has 138 valence electrons. The van der Waals surface area contributed by atoms with Crippen molar-refractivity contribution in [1.29, 1.82) is 0 Å². The summed E-state index contributed by atoms with van der Waals surface area (Å²) in [5, 5.41) is 14.9. The Balaban J connectivity index is 1.46. The molecule has 7 heteroatoms. The molecule has 3 aromatic rings. The van der Waals surface area contributed by atoms with Gasteiger partial charge < -0.3 is 10.1 Å². The first-order valence-electron chi connectivity index (χ1n) is 9.02. The van der Waals surface area contributed by atoms with E-state index < -0.39 is 6.10 Å². The third-order valence-electron chi connectivity index (χ3n) is 4.45. The number of hydrogen-bond acceptors (Lipinski definition) is 5. The van der Waals surface area contributed by atoms with E-state index in [1.807, 2.05) is 60.1 Å². The SMILES string of the molecule is Cc1cccc(OC(C)C(=O)Nc2cccc(-c3nnnn3C3CC3)c2)c1. The maximum Gasteiger partial charge on any atom is 0.265 e. The van der Waals surface area contributed by atoms with Crippen LogP contribution in [0.15, 0.2) is 48.5 Å².